The van der Waals surface area contributed by atoms with Crippen LogP contribution in [0, 0.1) is 13.8 Å². The van der Waals surface area contributed by atoms with Crippen LogP contribution >= 0.6 is 0 Å². The number of nitrogens with one attached hydrogen (secondary N) is 2. The third-order valence-corrected chi connectivity index (χ3v) is 6.30. The van der Waals surface area contributed by atoms with Gasteiger partial charge >= 0.3 is 0 Å². The number of sulfonamides is 1. The molecule has 0 heterocycles. The Morgan fingerprint density at radius 1 is 0.871 bits per heavy atom. The van der Waals surface area contributed by atoms with Gasteiger partial charge in [-0.2, -0.15) is 0 Å². The van der Waals surface area contributed by atoms with Crippen LogP contribution in [-0.2, 0) is 10.0 Å². The average Bonchev–Trinajstić information content (AvgIpc) is 2.76. The van der Waals surface area contributed by atoms with E-state index < -0.39 is 10.0 Å². The zero-order valence-electron chi connectivity index (χ0n) is 17.7. The maximum atomic E-state index is 12.7. The van der Waals surface area contributed by atoms with Gasteiger partial charge in [0.1, 0.15) is 0 Å². The molecular weight excluding hydrogens is 416 g/mol. The predicted molar refractivity (Wildman–Crippen MR) is 121 cm³/mol. The van der Waals surface area contributed by atoms with Gasteiger partial charge in [0.2, 0.25) is 0 Å². The normalized spacial score (nSPS) is 11.0. The Kier molecular flexibility index (Phi) is 6.50. The van der Waals surface area contributed by atoms with E-state index >= 15 is 0 Å². The van der Waals surface area contributed by atoms with E-state index in [1.54, 1.807) is 12.1 Å². The molecule has 3 aromatic rings. The van der Waals surface area contributed by atoms with Crippen molar-refractivity contribution in [1.29, 1.82) is 0 Å². The number of anilines is 2. The minimum atomic E-state index is -3.85. The molecule has 7 nitrogen and oxygen atoms in total. The molecule has 162 valence electrons. The number of carbonyl (C=O) groups is 1. The van der Waals surface area contributed by atoms with E-state index in [2.05, 4.69) is 10.0 Å². The number of hydrogen-bond acceptors (Lipinski definition) is 5. The summed E-state index contributed by atoms with van der Waals surface area (Å²) in [5.74, 6) is 0.465. The van der Waals surface area contributed by atoms with E-state index in [0.29, 0.717) is 22.7 Å². The van der Waals surface area contributed by atoms with E-state index in [0.717, 1.165) is 16.8 Å². The molecule has 0 aromatic heterocycles. The third-order valence-electron chi connectivity index (χ3n) is 4.92. The first-order valence-electron chi connectivity index (χ1n) is 9.47. The van der Waals surface area contributed by atoms with Crippen LogP contribution in [0.25, 0.3) is 0 Å². The number of amides is 1. The van der Waals surface area contributed by atoms with Crippen molar-refractivity contribution in [3.05, 3.63) is 77.4 Å². The number of ether oxygens (including phenoxy) is 2. The lowest BCUT2D eigenvalue weighted by atomic mass is 10.1. The Labute approximate surface area is 182 Å². The number of benzene rings is 3. The van der Waals surface area contributed by atoms with Gasteiger partial charge in [0.15, 0.2) is 11.5 Å². The molecule has 0 saturated carbocycles. The van der Waals surface area contributed by atoms with E-state index in [9.17, 15) is 13.2 Å². The summed E-state index contributed by atoms with van der Waals surface area (Å²) in [5, 5.41) is 2.88. The average molecular weight is 441 g/mol. The molecule has 0 aliphatic carbocycles. The fraction of sp³-hybridized carbons (Fsp3) is 0.174. The molecule has 0 aliphatic heterocycles. The molecule has 8 heteroatoms. The Hall–Kier alpha value is -3.52. The minimum Gasteiger partial charge on any atom is -0.493 e. The maximum absolute atomic E-state index is 12.7. The second-order valence-electron chi connectivity index (χ2n) is 6.90. The minimum absolute atomic E-state index is 0.0295. The Morgan fingerprint density at radius 2 is 1.55 bits per heavy atom. The Bertz CT molecular complexity index is 1210. The molecule has 0 fully saturated rings. The number of carbonyl (C=O) groups excluding carboxylic acids is 1. The van der Waals surface area contributed by atoms with Gasteiger partial charge < -0.3 is 14.8 Å². The zero-order chi connectivity index (χ0) is 22.6. The zero-order valence-corrected chi connectivity index (χ0v) is 18.5. The molecule has 0 atom stereocenters. The van der Waals surface area contributed by atoms with Crippen molar-refractivity contribution in [2.24, 2.45) is 0 Å². The molecule has 0 saturated heterocycles. The van der Waals surface area contributed by atoms with Crippen LogP contribution < -0.4 is 19.5 Å². The molecule has 2 N–H and O–H groups in total. The highest BCUT2D eigenvalue weighted by molar-refractivity contribution is 7.92. The summed E-state index contributed by atoms with van der Waals surface area (Å²) < 4.78 is 38.2. The quantitative estimate of drug-likeness (QED) is 0.569. The van der Waals surface area contributed by atoms with E-state index in [1.807, 2.05) is 32.0 Å². The van der Waals surface area contributed by atoms with Gasteiger partial charge in [0, 0.05) is 23.0 Å². The highest BCUT2D eigenvalue weighted by Gasteiger charge is 2.18. The lowest BCUT2D eigenvalue weighted by molar-refractivity contribution is 0.102. The van der Waals surface area contributed by atoms with Crippen LogP contribution in [0.15, 0.2) is 65.6 Å². The van der Waals surface area contributed by atoms with Crippen molar-refractivity contribution in [3.8, 4) is 11.5 Å². The lowest BCUT2D eigenvalue weighted by Gasteiger charge is -2.12. The van der Waals surface area contributed by atoms with E-state index in [1.165, 1.54) is 44.6 Å². The highest BCUT2D eigenvalue weighted by atomic mass is 32.2. The fourth-order valence-corrected chi connectivity index (χ4v) is 4.04. The summed E-state index contributed by atoms with van der Waals surface area (Å²) in [6.07, 6.45) is 0. The fourth-order valence-electron chi connectivity index (χ4n) is 2.97. The van der Waals surface area contributed by atoms with Gasteiger partial charge in [-0.05, 0) is 67.4 Å². The second kappa shape index (κ2) is 9.09. The molecule has 0 bridgehead atoms. The third kappa shape index (κ3) is 4.97. The molecule has 0 unspecified atom stereocenters. The first-order valence-corrected chi connectivity index (χ1v) is 11.0. The van der Waals surface area contributed by atoms with Gasteiger partial charge in [0.05, 0.1) is 19.1 Å². The van der Waals surface area contributed by atoms with E-state index in [4.69, 9.17) is 9.47 Å². The monoisotopic (exact) mass is 440 g/mol. The standard InChI is InChI=1S/C23H24N2O5S/c1-15-6-5-7-20(16(15)2)24-23(26)17-8-10-18(11-9-17)25-31(27,28)19-12-13-21(29-3)22(14-19)30-4/h5-14,25H,1-4H3,(H,24,26). The number of aryl methyl sites for hydroxylation is 1. The SMILES string of the molecule is COc1ccc(S(=O)(=O)Nc2ccc(C(=O)Nc3cccc(C)c3C)cc2)cc1OC. The molecule has 0 radical (unpaired) electrons. The topological polar surface area (TPSA) is 93.7 Å². The first kappa shape index (κ1) is 22.2. The summed E-state index contributed by atoms with van der Waals surface area (Å²) in [7, 11) is -0.940. The summed E-state index contributed by atoms with van der Waals surface area (Å²) in [6, 6.07) is 16.2. The largest absolute Gasteiger partial charge is 0.493 e. The lowest BCUT2D eigenvalue weighted by Crippen LogP contribution is -2.15. The van der Waals surface area contributed by atoms with Crippen molar-refractivity contribution in [1.82, 2.24) is 0 Å². The molecule has 3 aromatic carbocycles. The van der Waals surface area contributed by atoms with Gasteiger partial charge in [-0.3, -0.25) is 9.52 Å². The Balaban J connectivity index is 1.75. The van der Waals surface area contributed by atoms with Crippen molar-refractivity contribution in [2.45, 2.75) is 18.7 Å². The van der Waals surface area contributed by atoms with Crippen LogP contribution in [-0.4, -0.2) is 28.5 Å². The van der Waals surface area contributed by atoms with Crippen molar-refractivity contribution < 1.29 is 22.7 Å². The molecule has 0 spiro atoms. The van der Waals surface area contributed by atoms with Crippen LogP contribution in [0.5, 0.6) is 11.5 Å². The van der Waals surface area contributed by atoms with Gasteiger partial charge in [-0.1, -0.05) is 12.1 Å². The number of hydrogen-bond donors (Lipinski definition) is 2. The summed E-state index contributed by atoms with van der Waals surface area (Å²) in [6.45, 7) is 3.92. The van der Waals surface area contributed by atoms with Gasteiger partial charge in [-0.15, -0.1) is 0 Å². The van der Waals surface area contributed by atoms with E-state index in [-0.39, 0.29) is 10.8 Å². The van der Waals surface area contributed by atoms with Crippen LogP contribution in [0.4, 0.5) is 11.4 Å². The Morgan fingerprint density at radius 3 is 2.19 bits per heavy atom. The summed E-state index contributed by atoms with van der Waals surface area (Å²) in [4.78, 5) is 12.6. The first-order chi connectivity index (χ1) is 14.7. The smallest absolute Gasteiger partial charge is 0.262 e. The van der Waals surface area contributed by atoms with Crippen molar-refractivity contribution in [3.63, 3.8) is 0 Å². The molecule has 3 rings (SSSR count). The highest BCUT2D eigenvalue weighted by Crippen LogP contribution is 2.30. The van der Waals surface area contributed by atoms with Gasteiger partial charge in [-0.25, -0.2) is 8.42 Å². The molecule has 1 amide bonds. The summed E-state index contributed by atoms with van der Waals surface area (Å²) in [5.41, 5.74) is 3.56. The molecular formula is C23H24N2O5S. The van der Waals surface area contributed by atoms with Crippen molar-refractivity contribution in [2.75, 3.05) is 24.3 Å². The summed E-state index contributed by atoms with van der Waals surface area (Å²) >= 11 is 0. The number of methoxy groups -OCH3 is 2. The second-order valence-corrected chi connectivity index (χ2v) is 8.58. The van der Waals surface area contributed by atoms with Crippen LogP contribution in [0.3, 0.4) is 0 Å². The van der Waals surface area contributed by atoms with Crippen molar-refractivity contribution >= 4 is 27.3 Å². The predicted octanol–water partition coefficient (Wildman–Crippen LogP) is 4.37. The molecule has 0 aliphatic rings. The van der Waals surface area contributed by atoms with Gasteiger partial charge in [0.25, 0.3) is 15.9 Å². The maximum Gasteiger partial charge on any atom is 0.262 e. The van der Waals surface area contributed by atoms with Crippen LogP contribution in [0.1, 0.15) is 21.5 Å². The number of rotatable bonds is 7. The molecule has 31 heavy (non-hydrogen) atoms. The van der Waals surface area contributed by atoms with Crippen LogP contribution in [0.2, 0.25) is 0 Å².